The van der Waals surface area contributed by atoms with Gasteiger partial charge in [-0.05, 0) is 67.2 Å². The Kier molecular flexibility index (Phi) is 3.98. The molecule has 1 aromatic rings. The maximum Gasteiger partial charge on any atom is 0.245 e. The quantitative estimate of drug-likeness (QED) is 0.831. The van der Waals surface area contributed by atoms with E-state index in [1.165, 1.54) is 4.31 Å². The summed E-state index contributed by atoms with van der Waals surface area (Å²) >= 11 is 3.32. The highest BCUT2D eigenvalue weighted by Gasteiger charge is 2.47. The Hall–Kier alpha value is -0.900. The molecule has 0 aliphatic heterocycles. The highest BCUT2D eigenvalue weighted by atomic mass is 79.9. The van der Waals surface area contributed by atoms with Crippen LogP contribution < -0.4 is 0 Å². The average molecular weight is 357 g/mol. The number of hydrogen-bond acceptors (Lipinski definition) is 3. The van der Waals surface area contributed by atoms with Crippen LogP contribution in [0.2, 0.25) is 0 Å². The Morgan fingerprint density at radius 3 is 2.45 bits per heavy atom. The fourth-order valence-corrected chi connectivity index (χ4v) is 5.34. The minimum Gasteiger partial charge on any atom is -0.207 e. The number of nitriles is 1. The summed E-state index contributed by atoms with van der Waals surface area (Å²) in [7, 11) is -3.69. The molecule has 0 unspecified atom stereocenters. The van der Waals surface area contributed by atoms with Crippen LogP contribution in [-0.4, -0.2) is 24.3 Å². The molecule has 0 aromatic heterocycles. The molecule has 1 saturated carbocycles. The van der Waals surface area contributed by atoms with Crippen molar-refractivity contribution in [3.63, 3.8) is 0 Å². The maximum atomic E-state index is 12.9. The molecule has 0 heterocycles. The van der Waals surface area contributed by atoms with Gasteiger partial charge in [0.1, 0.15) is 5.54 Å². The number of aryl methyl sites for hydroxylation is 1. The van der Waals surface area contributed by atoms with Crippen LogP contribution >= 0.6 is 15.9 Å². The highest BCUT2D eigenvalue weighted by molar-refractivity contribution is 9.10. The van der Waals surface area contributed by atoms with Crippen molar-refractivity contribution in [3.8, 4) is 6.07 Å². The molecule has 4 nitrogen and oxygen atoms in total. The second kappa shape index (κ2) is 5.14. The first-order valence-electron chi connectivity index (χ1n) is 6.42. The van der Waals surface area contributed by atoms with E-state index < -0.39 is 15.6 Å². The lowest BCUT2D eigenvalue weighted by Gasteiger charge is -2.32. The molecule has 1 aromatic carbocycles. The minimum absolute atomic E-state index is 0.0668. The monoisotopic (exact) mass is 356 g/mol. The number of hydrogen-bond donors (Lipinski definition) is 0. The van der Waals surface area contributed by atoms with Crippen LogP contribution in [0, 0.1) is 18.3 Å². The van der Waals surface area contributed by atoms with Gasteiger partial charge in [-0.2, -0.15) is 9.57 Å². The van der Waals surface area contributed by atoms with Crippen molar-refractivity contribution in [2.24, 2.45) is 0 Å². The Labute approximate surface area is 128 Å². The van der Waals surface area contributed by atoms with Crippen LogP contribution in [0.3, 0.4) is 0 Å². The van der Waals surface area contributed by atoms with E-state index in [-0.39, 0.29) is 10.9 Å². The molecule has 0 spiro atoms. The van der Waals surface area contributed by atoms with E-state index in [4.69, 9.17) is 0 Å². The van der Waals surface area contributed by atoms with Gasteiger partial charge in [-0.1, -0.05) is 6.07 Å². The fourth-order valence-electron chi connectivity index (χ4n) is 2.23. The zero-order valence-electron chi connectivity index (χ0n) is 11.7. The minimum atomic E-state index is -3.69. The van der Waals surface area contributed by atoms with Gasteiger partial charge in [0.2, 0.25) is 10.0 Å². The molecular weight excluding hydrogens is 340 g/mol. The smallest absolute Gasteiger partial charge is 0.207 e. The number of sulfonamides is 1. The standard InChI is InChI=1S/C14H17BrN2O2S/c1-10-4-7-13(12(15)8-10)20(18,19)17(11-5-6-11)14(2,3)9-16/h4,7-8,11H,5-6H2,1-3H3. The van der Waals surface area contributed by atoms with Gasteiger partial charge in [-0.3, -0.25) is 0 Å². The summed E-state index contributed by atoms with van der Waals surface area (Å²) < 4.78 is 27.7. The molecule has 0 atom stereocenters. The van der Waals surface area contributed by atoms with Crippen molar-refractivity contribution in [1.29, 1.82) is 5.26 Å². The van der Waals surface area contributed by atoms with E-state index in [0.29, 0.717) is 4.47 Å². The lowest BCUT2D eigenvalue weighted by molar-refractivity contribution is 0.280. The van der Waals surface area contributed by atoms with E-state index >= 15 is 0 Å². The predicted octanol–water partition coefficient (Wildman–Crippen LogP) is 3.21. The predicted molar refractivity (Wildman–Crippen MR) is 80.6 cm³/mol. The van der Waals surface area contributed by atoms with Gasteiger partial charge in [-0.25, -0.2) is 8.42 Å². The van der Waals surface area contributed by atoms with Crippen LogP contribution in [0.5, 0.6) is 0 Å². The van der Waals surface area contributed by atoms with Gasteiger partial charge in [-0.15, -0.1) is 0 Å². The topological polar surface area (TPSA) is 61.2 Å². The van der Waals surface area contributed by atoms with Crippen LogP contribution in [0.4, 0.5) is 0 Å². The van der Waals surface area contributed by atoms with E-state index in [9.17, 15) is 13.7 Å². The normalized spacial score (nSPS) is 16.2. The van der Waals surface area contributed by atoms with E-state index in [2.05, 4.69) is 22.0 Å². The molecule has 0 saturated heterocycles. The molecular formula is C14H17BrN2O2S. The molecule has 1 aliphatic rings. The zero-order valence-corrected chi connectivity index (χ0v) is 14.1. The fraction of sp³-hybridized carbons (Fsp3) is 0.500. The van der Waals surface area contributed by atoms with E-state index in [1.807, 2.05) is 6.92 Å². The lowest BCUT2D eigenvalue weighted by Crippen LogP contribution is -2.48. The van der Waals surface area contributed by atoms with Crippen molar-refractivity contribution < 1.29 is 8.42 Å². The highest BCUT2D eigenvalue weighted by Crippen LogP contribution is 2.39. The third-order valence-electron chi connectivity index (χ3n) is 3.33. The molecule has 6 heteroatoms. The molecule has 2 rings (SSSR count). The lowest BCUT2D eigenvalue weighted by atomic mass is 10.1. The zero-order chi connectivity index (χ0) is 15.1. The van der Waals surface area contributed by atoms with Crippen LogP contribution in [0.15, 0.2) is 27.6 Å². The number of nitrogens with zero attached hydrogens (tertiary/aromatic N) is 2. The maximum absolute atomic E-state index is 12.9. The molecule has 0 amide bonds. The molecule has 0 bridgehead atoms. The van der Waals surface area contributed by atoms with Gasteiger partial charge in [0.15, 0.2) is 0 Å². The second-order valence-corrected chi connectivity index (χ2v) is 8.27. The molecule has 20 heavy (non-hydrogen) atoms. The summed E-state index contributed by atoms with van der Waals surface area (Å²) in [5.41, 5.74) is -0.0713. The van der Waals surface area contributed by atoms with E-state index in [0.717, 1.165) is 18.4 Å². The second-order valence-electron chi connectivity index (χ2n) is 5.64. The van der Waals surface area contributed by atoms with Crippen molar-refractivity contribution in [1.82, 2.24) is 4.31 Å². The largest absolute Gasteiger partial charge is 0.245 e. The first kappa shape index (κ1) is 15.5. The van der Waals surface area contributed by atoms with Gasteiger partial charge in [0.05, 0.1) is 11.0 Å². The first-order chi connectivity index (χ1) is 9.20. The molecule has 0 radical (unpaired) electrons. The van der Waals surface area contributed by atoms with Crippen LogP contribution in [-0.2, 0) is 10.0 Å². The summed E-state index contributed by atoms with van der Waals surface area (Å²) in [6.07, 6.45) is 1.63. The third kappa shape index (κ3) is 2.76. The van der Waals surface area contributed by atoms with Gasteiger partial charge in [0.25, 0.3) is 0 Å². The number of benzene rings is 1. The number of rotatable bonds is 4. The van der Waals surface area contributed by atoms with Crippen molar-refractivity contribution in [3.05, 3.63) is 28.2 Å². The summed E-state index contributed by atoms with van der Waals surface area (Å²) in [4.78, 5) is 0.221. The Bertz CT molecular complexity index is 673. The van der Waals surface area contributed by atoms with Crippen LogP contribution in [0.25, 0.3) is 0 Å². The summed E-state index contributed by atoms with van der Waals surface area (Å²) in [6, 6.07) is 7.17. The average Bonchev–Trinajstić information content (AvgIpc) is 3.12. The Morgan fingerprint density at radius 2 is 2.00 bits per heavy atom. The summed E-state index contributed by atoms with van der Waals surface area (Å²) in [5.74, 6) is 0. The summed E-state index contributed by atoms with van der Waals surface area (Å²) in [5, 5.41) is 9.30. The Balaban J connectivity index is 2.55. The first-order valence-corrected chi connectivity index (χ1v) is 8.65. The van der Waals surface area contributed by atoms with Crippen molar-refractivity contribution >= 4 is 26.0 Å². The molecule has 108 valence electrons. The van der Waals surface area contributed by atoms with Gasteiger partial charge >= 0.3 is 0 Å². The van der Waals surface area contributed by atoms with Crippen molar-refractivity contribution in [2.45, 2.75) is 50.1 Å². The van der Waals surface area contributed by atoms with Gasteiger partial charge < -0.3 is 0 Å². The molecule has 0 N–H and O–H groups in total. The molecule has 1 aliphatic carbocycles. The number of halogens is 1. The Morgan fingerprint density at radius 1 is 1.40 bits per heavy atom. The van der Waals surface area contributed by atoms with Gasteiger partial charge in [0, 0.05) is 10.5 Å². The van der Waals surface area contributed by atoms with E-state index in [1.54, 1.807) is 32.0 Å². The molecule has 1 fully saturated rings. The third-order valence-corrected chi connectivity index (χ3v) is 6.43. The van der Waals surface area contributed by atoms with Crippen molar-refractivity contribution in [2.75, 3.05) is 0 Å². The van der Waals surface area contributed by atoms with Crippen LogP contribution in [0.1, 0.15) is 32.3 Å². The summed E-state index contributed by atoms with van der Waals surface area (Å²) in [6.45, 7) is 5.19. The SMILES string of the molecule is Cc1ccc(S(=O)(=O)N(C2CC2)C(C)(C)C#N)c(Br)c1.